The summed E-state index contributed by atoms with van der Waals surface area (Å²) in [6.45, 7) is 2.25. The van der Waals surface area contributed by atoms with Crippen molar-refractivity contribution in [1.82, 2.24) is 4.90 Å². The maximum atomic E-state index is 12.3. The molecule has 0 aliphatic heterocycles. The Balaban J connectivity index is 2.69. The van der Waals surface area contributed by atoms with E-state index in [0.717, 1.165) is 12.8 Å². The second-order valence-corrected chi connectivity index (χ2v) is 4.72. The van der Waals surface area contributed by atoms with Gasteiger partial charge in [-0.25, -0.2) is 0 Å². The van der Waals surface area contributed by atoms with Crippen molar-refractivity contribution >= 4 is 11.9 Å². The van der Waals surface area contributed by atoms with E-state index < -0.39 is 11.9 Å². The number of rotatable bonds is 4. The molecule has 4 heteroatoms. The molecule has 102 valence electrons. The smallest absolute Gasteiger partial charge is 0.306 e. The first-order chi connectivity index (χ1) is 9.10. The Morgan fingerprint density at radius 1 is 1.32 bits per heavy atom. The molecule has 0 heterocycles. The number of carbonyl (C=O) groups is 2. The van der Waals surface area contributed by atoms with Crippen LogP contribution in [0.5, 0.6) is 0 Å². The number of nitrogens with zero attached hydrogens (tertiary/aromatic N) is 1. The van der Waals surface area contributed by atoms with E-state index in [1.165, 1.54) is 4.90 Å². The molecule has 0 saturated heterocycles. The molecule has 0 aromatic rings. The molecular weight excluding hydrogens is 242 g/mol. The van der Waals surface area contributed by atoms with Crippen molar-refractivity contribution in [3.8, 4) is 24.2 Å². The fraction of sp³-hybridized carbons (Fsp3) is 0.600. The van der Waals surface area contributed by atoms with Gasteiger partial charge >= 0.3 is 5.97 Å². The van der Waals surface area contributed by atoms with Crippen molar-refractivity contribution in [2.24, 2.45) is 11.8 Å². The number of terminal acetylenes is 1. The summed E-state index contributed by atoms with van der Waals surface area (Å²) in [7, 11) is 0. The molecule has 1 amide bonds. The fourth-order valence-corrected chi connectivity index (χ4v) is 2.39. The Kier molecular flexibility index (Phi) is 5.96. The lowest BCUT2D eigenvalue weighted by atomic mass is 9.80. The maximum absolute atomic E-state index is 12.3. The zero-order valence-electron chi connectivity index (χ0n) is 11.2. The SMILES string of the molecule is C#CCN(CC#CC)C(=O)C1CCCC(C(=O)O)C1. The molecule has 0 aromatic carbocycles. The first kappa shape index (κ1) is 15.1. The summed E-state index contributed by atoms with van der Waals surface area (Å²) in [5.41, 5.74) is 0. The van der Waals surface area contributed by atoms with Gasteiger partial charge in [0.2, 0.25) is 5.91 Å². The predicted octanol–water partition coefficient (Wildman–Crippen LogP) is 1.36. The predicted molar refractivity (Wildman–Crippen MR) is 71.9 cm³/mol. The Morgan fingerprint density at radius 3 is 2.58 bits per heavy atom. The molecule has 1 fully saturated rings. The lowest BCUT2D eigenvalue weighted by molar-refractivity contribution is -0.145. The van der Waals surface area contributed by atoms with Crippen LogP contribution in [0.3, 0.4) is 0 Å². The first-order valence-corrected chi connectivity index (χ1v) is 6.44. The van der Waals surface area contributed by atoms with E-state index in [1.807, 2.05) is 0 Å². The number of hydrogen-bond donors (Lipinski definition) is 1. The average molecular weight is 261 g/mol. The number of carboxylic acids is 1. The lowest BCUT2D eigenvalue weighted by Gasteiger charge is -2.29. The summed E-state index contributed by atoms with van der Waals surface area (Å²) in [5, 5.41) is 9.04. The Morgan fingerprint density at radius 2 is 2.00 bits per heavy atom. The topological polar surface area (TPSA) is 57.6 Å². The van der Waals surface area contributed by atoms with E-state index in [1.54, 1.807) is 6.92 Å². The van der Waals surface area contributed by atoms with Crippen LogP contribution in [0.15, 0.2) is 0 Å². The quantitative estimate of drug-likeness (QED) is 0.777. The summed E-state index contributed by atoms with van der Waals surface area (Å²) >= 11 is 0. The highest BCUT2D eigenvalue weighted by molar-refractivity contribution is 5.80. The summed E-state index contributed by atoms with van der Waals surface area (Å²) in [5.74, 6) is 6.50. The van der Waals surface area contributed by atoms with Gasteiger partial charge in [-0.2, -0.15) is 0 Å². The van der Waals surface area contributed by atoms with Gasteiger partial charge in [-0.15, -0.1) is 12.3 Å². The second kappa shape index (κ2) is 7.48. The average Bonchev–Trinajstić information content (AvgIpc) is 2.42. The van der Waals surface area contributed by atoms with Gasteiger partial charge in [0.1, 0.15) is 0 Å². The minimum Gasteiger partial charge on any atom is -0.481 e. The molecule has 2 atom stereocenters. The minimum absolute atomic E-state index is 0.0633. The van der Waals surface area contributed by atoms with Crippen molar-refractivity contribution in [3.05, 3.63) is 0 Å². The molecule has 1 N–H and O–H groups in total. The monoisotopic (exact) mass is 261 g/mol. The number of carbonyl (C=O) groups excluding carboxylic acids is 1. The van der Waals surface area contributed by atoms with E-state index >= 15 is 0 Å². The van der Waals surface area contributed by atoms with E-state index in [9.17, 15) is 9.59 Å². The Hall–Kier alpha value is -1.94. The van der Waals surface area contributed by atoms with Crippen LogP contribution < -0.4 is 0 Å². The molecule has 0 spiro atoms. The number of hydrogen-bond acceptors (Lipinski definition) is 2. The van der Waals surface area contributed by atoms with Crippen LogP contribution in [0, 0.1) is 36.0 Å². The summed E-state index contributed by atoms with van der Waals surface area (Å²) in [6, 6.07) is 0. The normalized spacial score (nSPS) is 21.7. The van der Waals surface area contributed by atoms with Crippen molar-refractivity contribution < 1.29 is 14.7 Å². The van der Waals surface area contributed by atoms with Gasteiger partial charge in [0.15, 0.2) is 0 Å². The molecule has 2 unspecified atom stereocenters. The Bertz CT molecular complexity index is 439. The van der Waals surface area contributed by atoms with Crippen molar-refractivity contribution in [2.45, 2.75) is 32.6 Å². The number of amides is 1. The summed E-state index contributed by atoms with van der Waals surface area (Å²) in [4.78, 5) is 24.9. The minimum atomic E-state index is -0.811. The molecule has 1 aliphatic rings. The molecule has 19 heavy (non-hydrogen) atoms. The highest BCUT2D eigenvalue weighted by atomic mass is 16.4. The van der Waals surface area contributed by atoms with E-state index in [2.05, 4.69) is 17.8 Å². The summed E-state index contributed by atoms with van der Waals surface area (Å²) in [6.07, 6.45) is 7.84. The highest BCUT2D eigenvalue weighted by Gasteiger charge is 2.32. The van der Waals surface area contributed by atoms with Crippen molar-refractivity contribution in [1.29, 1.82) is 0 Å². The van der Waals surface area contributed by atoms with E-state index in [-0.39, 0.29) is 18.4 Å². The second-order valence-electron chi connectivity index (χ2n) is 4.72. The molecule has 0 radical (unpaired) electrons. The first-order valence-electron chi connectivity index (χ1n) is 6.44. The van der Waals surface area contributed by atoms with Gasteiger partial charge in [-0.05, 0) is 26.2 Å². The van der Waals surface area contributed by atoms with Crippen LogP contribution >= 0.6 is 0 Å². The zero-order chi connectivity index (χ0) is 14.3. The van der Waals surface area contributed by atoms with Crippen LogP contribution in [0.25, 0.3) is 0 Å². The van der Waals surface area contributed by atoms with Crippen LogP contribution in [-0.2, 0) is 9.59 Å². The third-order valence-electron chi connectivity index (χ3n) is 3.41. The van der Waals surface area contributed by atoms with Gasteiger partial charge < -0.3 is 10.0 Å². The molecule has 1 saturated carbocycles. The molecule has 1 aliphatic carbocycles. The van der Waals surface area contributed by atoms with Gasteiger partial charge in [0, 0.05) is 5.92 Å². The number of aliphatic carboxylic acids is 1. The molecule has 0 bridgehead atoms. The largest absolute Gasteiger partial charge is 0.481 e. The zero-order valence-corrected chi connectivity index (χ0v) is 11.2. The van der Waals surface area contributed by atoms with Crippen LogP contribution in [-0.4, -0.2) is 35.0 Å². The van der Waals surface area contributed by atoms with Crippen LogP contribution in [0.2, 0.25) is 0 Å². The van der Waals surface area contributed by atoms with Gasteiger partial charge in [0.25, 0.3) is 0 Å². The van der Waals surface area contributed by atoms with E-state index in [0.29, 0.717) is 19.4 Å². The fourth-order valence-electron chi connectivity index (χ4n) is 2.39. The number of carboxylic acid groups (broad SMARTS) is 1. The van der Waals surface area contributed by atoms with E-state index in [4.69, 9.17) is 11.5 Å². The maximum Gasteiger partial charge on any atom is 0.306 e. The van der Waals surface area contributed by atoms with Gasteiger partial charge in [-0.1, -0.05) is 18.3 Å². The van der Waals surface area contributed by atoms with Crippen LogP contribution in [0.1, 0.15) is 32.6 Å². The van der Waals surface area contributed by atoms with Crippen molar-refractivity contribution in [2.75, 3.05) is 13.1 Å². The molecular formula is C15H19NO3. The molecule has 0 aromatic heterocycles. The lowest BCUT2D eigenvalue weighted by Crippen LogP contribution is -2.39. The summed E-state index contributed by atoms with van der Waals surface area (Å²) < 4.78 is 0. The Labute approximate surface area is 114 Å². The van der Waals surface area contributed by atoms with Gasteiger partial charge in [0.05, 0.1) is 19.0 Å². The van der Waals surface area contributed by atoms with Gasteiger partial charge in [-0.3, -0.25) is 9.59 Å². The molecule has 4 nitrogen and oxygen atoms in total. The van der Waals surface area contributed by atoms with Crippen molar-refractivity contribution in [3.63, 3.8) is 0 Å². The van der Waals surface area contributed by atoms with Crippen LogP contribution in [0.4, 0.5) is 0 Å². The third kappa shape index (κ3) is 4.34. The standard InChI is InChI=1S/C15H19NO3/c1-3-5-10-16(9-4-2)14(17)12-7-6-8-13(11-12)15(18)19/h2,12-13H,6-11H2,1H3,(H,18,19). The molecule has 1 rings (SSSR count). The highest BCUT2D eigenvalue weighted by Crippen LogP contribution is 2.30. The third-order valence-corrected chi connectivity index (χ3v) is 3.41.